The molecular weight excluding hydrogens is 510 g/mol. The number of rotatable bonds is 9. The highest BCUT2D eigenvalue weighted by Gasteiger charge is 2.41. The largest absolute Gasteiger partial charge is 0.396 e. The van der Waals surface area contributed by atoms with Gasteiger partial charge in [0.05, 0.1) is 28.9 Å². The normalized spacial score (nSPS) is 24.2. The summed E-state index contributed by atoms with van der Waals surface area (Å²) in [5.41, 5.74) is 5.89. The summed E-state index contributed by atoms with van der Waals surface area (Å²) in [7, 11) is 0. The van der Waals surface area contributed by atoms with Crippen LogP contribution in [0.15, 0.2) is 29.1 Å². The predicted molar refractivity (Wildman–Crippen MR) is 145 cm³/mol. The highest BCUT2D eigenvalue weighted by Crippen LogP contribution is 2.35. The van der Waals surface area contributed by atoms with Crippen LogP contribution in [0, 0.1) is 11.8 Å². The van der Waals surface area contributed by atoms with E-state index in [2.05, 4.69) is 20.6 Å². The van der Waals surface area contributed by atoms with Gasteiger partial charge >= 0.3 is 0 Å². The Hall–Kier alpha value is -3.10. The van der Waals surface area contributed by atoms with Crippen LogP contribution in [0.25, 0.3) is 20.8 Å². The molecule has 13 heteroatoms. The molecule has 3 heterocycles. The quantitative estimate of drug-likeness (QED) is 0.191. The number of carbonyl (C=O) groups excluding carboxylic acids is 1. The maximum atomic E-state index is 13.5. The molecule has 38 heavy (non-hydrogen) atoms. The number of primary amides is 1. The van der Waals surface area contributed by atoms with Gasteiger partial charge in [-0.1, -0.05) is 12.1 Å². The van der Waals surface area contributed by atoms with Crippen molar-refractivity contribution in [3.8, 4) is 10.6 Å². The number of benzene rings is 1. The number of nitrogens with zero attached hydrogens (tertiary/aromatic N) is 3. The Balaban J connectivity index is 1.43. The summed E-state index contributed by atoms with van der Waals surface area (Å²) in [5, 5.41) is 37.3. The third-order valence-corrected chi connectivity index (χ3v) is 8.47. The Labute approximate surface area is 222 Å². The Morgan fingerprint density at radius 2 is 1.95 bits per heavy atom. The maximum Gasteiger partial charge on any atom is 0.264 e. The van der Waals surface area contributed by atoms with Crippen molar-refractivity contribution in [2.75, 3.05) is 43.0 Å². The van der Waals surface area contributed by atoms with E-state index < -0.39 is 24.2 Å². The number of nitrogens with two attached hydrogens (primary N) is 1. The number of fused-ring (bicyclic) bond motifs is 1. The van der Waals surface area contributed by atoms with Gasteiger partial charge in [-0.25, -0.2) is 4.98 Å². The fourth-order valence-electron chi connectivity index (χ4n) is 5.27. The molecule has 3 aromatic rings. The van der Waals surface area contributed by atoms with Crippen LogP contribution < -0.4 is 26.8 Å². The van der Waals surface area contributed by atoms with E-state index in [-0.39, 0.29) is 36.0 Å². The number of aliphatic hydroxyl groups is 3. The van der Waals surface area contributed by atoms with Gasteiger partial charge in [0.15, 0.2) is 0 Å². The molecular formula is C25H33N7O5S. The number of aromatic amines is 1. The molecule has 4 atom stereocenters. The van der Waals surface area contributed by atoms with E-state index in [1.54, 1.807) is 0 Å². The van der Waals surface area contributed by atoms with Gasteiger partial charge < -0.3 is 36.6 Å². The topological polar surface area (TPSA) is 190 Å². The second kappa shape index (κ2) is 11.3. The summed E-state index contributed by atoms with van der Waals surface area (Å²) in [6, 6.07) is 7.01. The van der Waals surface area contributed by atoms with E-state index in [0.717, 1.165) is 23.1 Å². The van der Waals surface area contributed by atoms with Gasteiger partial charge in [0.1, 0.15) is 22.5 Å². The fourth-order valence-corrected chi connectivity index (χ4v) is 6.27. The van der Waals surface area contributed by atoms with Gasteiger partial charge in [0, 0.05) is 25.6 Å². The number of hydrogen-bond donors (Lipinski definition) is 7. The van der Waals surface area contributed by atoms with Gasteiger partial charge in [-0.15, -0.1) is 11.3 Å². The molecule has 5 rings (SSSR count). The smallest absolute Gasteiger partial charge is 0.264 e. The van der Waals surface area contributed by atoms with E-state index in [1.165, 1.54) is 11.3 Å². The second-order valence-corrected chi connectivity index (χ2v) is 11.1. The summed E-state index contributed by atoms with van der Waals surface area (Å²) in [6.07, 6.45) is -0.172. The SMILES string of the molecule is NC(=O)CNCC1CCN(c2nc(N[C@@H]3C[C@H](CO)[C@@H](O)[C@H]3O)c(-c3nc4ccccc4s3)c(=O)[nH]2)CC1. The maximum absolute atomic E-state index is 13.5. The van der Waals surface area contributed by atoms with Gasteiger partial charge in [0.2, 0.25) is 11.9 Å². The zero-order valence-electron chi connectivity index (χ0n) is 20.8. The molecule has 1 amide bonds. The lowest BCUT2D eigenvalue weighted by Crippen LogP contribution is -2.40. The van der Waals surface area contributed by atoms with Gasteiger partial charge in [-0.05, 0) is 43.9 Å². The van der Waals surface area contributed by atoms with Crippen molar-refractivity contribution in [1.29, 1.82) is 0 Å². The Morgan fingerprint density at radius 1 is 1.18 bits per heavy atom. The summed E-state index contributed by atoms with van der Waals surface area (Å²) >= 11 is 1.38. The Morgan fingerprint density at radius 3 is 2.63 bits per heavy atom. The highest BCUT2D eigenvalue weighted by molar-refractivity contribution is 7.21. The minimum Gasteiger partial charge on any atom is -0.396 e. The van der Waals surface area contributed by atoms with Crippen molar-refractivity contribution in [2.45, 2.75) is 37.5 Å². The van der Waals surface area contributed by atoms with Crippen molar-refractivity contribution >= 4 is 39.2 Å². The van der Waals surface area contributed by atoms with Crippen LogP contribution in [0.4, 0.5) is 11.8 Å². The second-order valence-electron chi connectivity index (χ2n) is 10.0. The molecule has 1 saturated carbocycles. The summed E-state index contributed by atoms with van der Waals surface area (Å²) in [5.74, 6) is 0.211. The number of para-hydroxylation sites is 1. The number of H-pyrrole nitrogens is 1. The number of piperidine rings is 1. The van der Waals surface area contributed by atoms with Crippen molar-refractivity contribution in [3.05, 3.63) is 34.6 Å². The van der Waals surface area contributed by atoms with Crippen LogP contribution in [0.2, 0.25) is 0 Å². The van der Waals surface area contributed by atoms with Crippen molar-refractivity contribution < 1.29 is 20.1 Å². The summed E-state index contributed by atoms with van der Waals surface area (Å²) < 4.78 is 0.931. The average molecular weight is 544 g/mol. The third-order valence-electron chi connectivity index (χ3n) is 7.42. The molecule has 12 nitrogen and oxygen atoms in total. The van der Waals surface area contributed by atoms with Crippen molar-refractivity contribution in [1.82, 2.24) is 20.3 Å². The molecule has 2 aromatic heterocycles. The molecule has 0 bridgehead atoms. The van der Waals surface area contributed by atoms with Crippen LogP contribution in [0.5, 0.6) is 0 Å². The molecule has 2 aliphatic rings. The number of amides is 1. The monoisotopic (exact) mass is 543 g/mol. The van der Waals surface area contributed by atoms with Crippen molar-refractivity contribution in [3.63, 3.8) is 0 Å². The Bertz CT molecular complexity index is 1310. The number of aromatic nitrogens is 3. The van der Waals surface area contributed by atoms with E-state index in [4.69, 9.17) is 10.7 Å². The van der Waals surface area contributed by atoms with Crippen LogP contribution in [0.1, 0.15) is 19.3 Å². The lowest BCUT2D eigenvalue weighted by atomic mass is 9.97. The first-order valence-electron chi connectivity index (χ1n) is 12.8. The van der Waals surface area contributed by atoms with Crippen molar-refractivity contribution in [2.24, 2.45) is 17.6 Å². The molecule has 1 aliphatic heterocycles. The molecule has 8 N–H and O–H groups in total. The van der Waals surface area contributed by atoms with Crippen LogP contribution in [0.3, 0.4) is 0 Å². The fraction of sp³-hybridized carbons (Fsp3) is 0.520. The summed E-state index contributed by atoms with van der Waals surface area (Å²) in [6.45, 7) is 1.93. The molecule has 1 aromatic carbocycles. The summed E-state index contributed by atoms with van der Waals surface area (Å²) in [4.78, 5) is 38.8. The van der Waals surface area contributed by atoms with Gasteiger partial charge in [-0.3, -0.25) is 14.6 Å². The van der Waals surface area contributed by atoms with E-state index in [9.17, 15) is 24.9 Å². The molecule has 0 radical (unpaired) electrons. The number of hydrogen-bond acceptors (Lipinski definition) is 11. The molecule has 0 unspecified atom stereocenters. The zero-order valence-corrected chi connectivity index (χ0v) is 21.7. The standard InChI is InChI=1S/C25H33N7O5S/c26-18(34)11-27-10-13-5-7-32(8-6-13)25-30-22(28-16-9-14(12-33)20(35)21(16)36)19(23(37)31-25)24-29-15-3-1-2-4-17(15)38-24/h1-4,13-14,16,20-21,27,33,35-36H,5-12H2,(H2,26,34)(H2,28,30,31,37)/t14-,16-,20-,21+/m1/s1. The number of carbonyl (C=O) groups is 1. The number of nitrogens with one attached hydrogen (secondary N) is 3. The number of anilines is 2. The van der Waals surface area contributed by atoms with Crippen LogP contribution in [-0.4, -0.2) is 87.2 Å². The van der Waals surface area contributed by atoms with E-state index in [1.807, 2.05) is 29.2 Å². The first kappa shape index (κ1) is 26.5. The van der Waals surface area contributed by atoms with Gasteiger partial charge in [-0.2, -0.15) is 4.98 Å². The number of thiazole rings is 1. The predicted octanol–water partition coefficient (Wildman–Crippen LogP) is -0.148. The van der Waals surface area contributed by atoms with E-state index >= 15 is 0 Å². The minimum absolute atomic E-state index is 0.149. The average Bonchev–Trinajstić information content (AvgIpc) is 3.44. The first-order valence-corrected chi connectivity index (χ1v) is 13.6. The zero-order chi connectivity index (χ0) is 26.8. The molecule has 0 spiro atoms. The molecule has 2 fully saturated rings. The van der Waals surface area contributed by atoms with Gasteiger partial charge in [0.25, 0.3) is 5.56 Å². The van der Waals surface area contributed by atoms with Crippen LogP contribution >= 0.6 is 11.3 Å². The number of aliphatic hydroxyl groups excluding tert-OH is 3. The lowest BCUT2D eigenvalue weighted by Gasteiger charge is -2.32. The third kappa shape index (κ3) is 5.52. The lowest BCUT2D eigenvalue weighted by molar-refractivity contribution is -0.117. The highest BCUT2D eigenvalue weighted by atomic mass is 32.1. The molecule has 1 aliphatic carbocycles. The Kier molecular flexibility index (Phi) is 7.91. The van der Waals surface area contributed by atoms with E-state index in [0.29, 0.717) is 42.9 Å². The van der Waals surface area contributed by atoms with Crippen LogP contribution in [-0.2, 0) is 4.79 Å². The first-order chi connectivity index (χ1) is 18.3. The minimum atomic E-state index is -1.12. The molecule has 204 valence electrons. The molecule has 1 saturated heterocycles.